The fraction of sp³-hybridized carbons (Fsp3) is 0.429. The molecule has 1 aliphatic heterocycles. The summed E-state index contributed by atoms with van der Waals surface area (Å²) >= 11 is 0. The molecule has 5 heteroatoms. The Morgan fingerprint density at radius 1 is 1.47 bits per heavy atom. The van der Waals surface area contributed by atoms with Crippen LogP contribution in [0.3, 0.4) is 0 Å². The normalized spacial score (nSPS) is 21.9. The maximum atomic E-state index is 11.4. The van der Waals surface area contributed by atoms with Gasteiger partial charge in [-0.3, -0.25) is 4.79 Å². The van der Waals surface area contributed by atoms with Crippen molar-refractivity contribution in [1.82, 2.24) is 15.8 Å². The van der Waals surface area contributed by atoms with Crippen molar-refractivity contribution in [2.75, 3.05) is 0 Å². The molecule has 0 spiro atoms. The van der Waals surface area contributed by atoms with E-state index >= 15 is 0 Å². The van der Waals surface area contributed by atoms with E-state index in [1.165, 1.54) is 18.4 Å². The van der Waals surface area contributed by atoms with E-state index in [4.69, 9.17) is 5.73 Å². The van der Waals surface area contributed by atoms with Crippen molar-refractivity contribution < 1.29 is 4.79 Å². The minimum atomic E-state index is -0.473. The van der Waals surface area contributed by atoms with Gasteiger partial charge in [-0.05, 0) is 48.4 Å². The number of nitrogens with zero attached hydrogens (tertiary/aromatic N) is 1. The van der Waals surface area contributed by atoms with Gasteiger partial charge in [-0.25, -0.2) is 10.4 Å². The molecule has 0 radical (unpaired) electrons. The zero-order valence-electron chi connectivity index (χ0n) is 10.9. The van der Waals surface area contributed by atoms with Crippen LogP contribution in [0.1, 0.15) is 41.5 Å². The number of nitrogens with one attached hydrogen (secondary N) is 2. The number of hydrogen-bond acceptors (Lipinski definition) is 4. The number of carbonyl (C=O) groups is 1. The first-order valence-corrected chi connectivity index (χ1v) is 6.71. The van der Waals surface area contributed by atoms with Gasteiger partial charge in [0.1, 0.15) is 5.69 Å². The van der Waals surface area contributed by atoms with Crippen LogP contribution in [0.25, 0.3) is 5.57 Å². The van der Waals surface area contributed by atoms with Crippen molar-refractivity contribution in [2.45, 2.75) is 32.2 Å². The fourth-order valence-corrected chi connectivity index (χ4v) is 2.50. The van der Waals surface area contributed by atoms with E-state index in [1.807, 2.05) is 19.2 Å². The molecule has 5 nitrogen and oxygen atoms in total. The lowest BCUT2D eigenvalue weighted by Crippen LogP contribution is -2.33. The second kappa shape index (κ2) is 4.66. The van der Waals surface area contributed by atoms with Gasteiger partial charge < -0.3 is 11.2 Å². The molecule has 0 bridgehead atoms. The molecule has 4 N–H and O–H groups in total. The lowest BCUT2D eigenvalue weighted by Gasteiger charge is -2.15. The number of hydrogen-bond donors (Lipinski definition) is 3. The zero-order valence-corrected chi connectivity index (χ0v) is 10.9. The average Bonchev–Trinajstić information content (AvgIpc) is 3.15. The molecule has 2 aliphatic rings. The Morgan fingerprint density at radius 3 is 2.89 bits per heavy atom. The van der Waals surface area contributed by atoms with Gasteiger partial charge in [0.25, 0.3) is 5.91 Å². The van der Waals surface area contributed by atoms with Crippen LogP contribution in [-0.4, -0.2) is 16.9 Å². The third-order valence-electron chi connectivity index (χ3n) is 3.72. The molecule has 19 heavy (non-hydrogen) atoms. The number of aromatic nitrogens is 1. The Hall–Kier alpha value is -1.88. The molecule has 1 fully saturated rings. The number of amides is 1. The van der Waals surface area contributed by atoms with E-state index in [1.54, 1.807) is 6.07 Å². The van der Waals surface area contributed by atoms with Crippen LogP contribution in [0, 0.1) is 5.92 Å². The van der Waals surface area contributed by atoms with Gasteiger partial charge >= 0.3 is 0 Å². The highest BCUT2D eigenvalue weighted by Crippen LogP contribution is 2.39. The Labute approximate surface area is 112 Å². The van der Waals surface area contributed by atoms with Crippen LogP contribution in [0.5, 0.6) is 0 Å². The van der Waals surface area contributed by atoms with Crippen molar-refractivity contribution in [3.8, 4) is 0 Å². The minimum Gasteiger partial charge on any atom is -0.364 e. The number of carbonyl (C=O) groups excluding carboxylic acids is 1. The Kier molecular flexibility index (Phi) is 2.98. The Morgan fingerprint density at radius 2 is 2.26 bits per heavy atom. The van der Waals surface area contributed by atoms with Gasteiger partial charge in [0.15, 0.2) is 0 Å². The number of rotatable bonds is 4. The van der Waals surface area contributed by atoms with E-state index < -0.39 is 5.91 Å². The molecule has 1 aromatic rings. The molecule has 1 atom stereocenters. The van der Waals surface area contributed by atoms with Gasteiger partial charge in [0.05, 0.1) is 6.04 Å². The molecule has 100 valence electrons. The first kappa shape index (κ1) is 12.2. The summed E-state index contributed by atoms with van der Waals surface area (Å²) in [5.41, 5.74) is 15.2. The van der Waals surface area contributed by atoms with Crippen molar-refractivity contribution in [1.29, 1.82) is 0 Å². The van der Waals surface area contributed by atoms with Crippen LogP contribution < -0.4 is 16.6 Å². The highest BCUT2D eigenvalue weighted by Gasteiger charge is 2.36. The maximum absolute atomic E-state index is 11.4. The van der Waals surface area contributed by atoms with Crippen LogP contribution in [-0.2, 0) is 6.42 Å². The molecular weight excluding hydrogens is 240 g/mol. The molecule has 0 aromatic carbocycles. The summed E-state index contributed by atoms with van der Waals surface area (Å²) in [7, 11) is 0. The third-order valence-corrected chi connectivity index (χ3v) is 3.72. The van der Waals surface area contributed by atoms with Crippen LogP contribution in [0.15, 0.2) is 18.3 Å². The summed E-state index contributed by atoms with van der Waals surface area (Å²) < 4.78 is 0. The molecule has 1 aliphatic carbocycles. The minimum absolute atomic E-state index is 0.327. The predicted octanol–water partition coefficient (Wildman–Crippen LogP) is 0.970. The number of aryl methyl sites for hydroxylation is 1. The van der Waals surface area contributed by atoms with E-state index in [0.29, 0.717) is 17.7 Å². The van der Waals surface area contributed by atoms with E-state index in [2.05, 4.69) is 15.8 Å². The Bertz CT molecular complexity index is 548. The first-order chi connectivity index (χ1) is 9.19. The lowest BCUT2D eigenvalue weighted by molar-refractivity contribution is 0.0995. The fourth-order valence-electron chi connectivity index (χ4n) is 2.50. The highest BCUT2D eigenvalue weighted by atomic mass is 16.1. The summed E-state index contributed by atoms with van der Waals surface area (Å²) in [6, 6.07) is 4.16. The van der Waals surface area contributed by atoms with Gasteiger partial charge in [-0.2, -0.15) is 0 Å². The largest absolute Gasteiger partial charge is 0.364 e. The molecular formula is C14H18N4O. The van der Waals surface area contributed by atoms with E-state index in [-0.39, 0.29) is 0 Å². The number of hydrazine groups is 1. The number of pyridine rings is 1. The van der Waals surface area contributed by atoms with Gasteiger partial charge in [-0.15, -0.1) is 0 Å². The molecule has 3 rings (SSSR count). The molecule has 1 unspecified atom stereocenters. The monoisotopic (exact) mass is 258 g/mol. The van der Waals surface area contributed by atoms with Crippen LogP contribution in [0.2, 0.25) is 0 Å². The smallest absolute Gasteiger partial charge is 0.267 e. The van der Waals surface area contributed by atoms with Crippen molar-refractivity contribution in [3.63, 3.8) is 0 Å². The SMILES string of the molecule is CCc1cc(C2=CNNC2C2CC2)cc(C(N)=O)n1. The van der Waals surface area contributed by atoms with Gasteiger partial charge in [0, 0.05) is 11.9 Å². The second-order valence-corrected chi connectivity index (χ2v) is 5.15. The Balaban J connectivity index is 1.99. The highest BCUT2D eigenvalue weighted by molar-refractivity contribution is 5.92. The number of nitrogens with two attached hydrogens (primary N) is 1. The van der Waals surface area contributed by atoms with Crippen LogP contribution >= 0.6 is 0 Å². The second-order valence-electron chi connectivity index (χ2n) is 5.15. The average molecular weight is 258 g/mol. The molecule has 0 saturated heterocycles. The first-order valence-electron chi connectivity index (χ1n) is 6.71. The van der Waals surface area contributed by atoms with Gasteiger partial charge in [0.2, 0.25) is 0 Å². The van der Waals surface area contributed by atoms with Crippen LogP contribution in [0.4, 0.5) is 0 Å². The molecule has 1 aromatic heterocycles. The summed E-state index contributed by atoms with van der Waals surface area (Å²) in [5, 5.41) is 0. The summed E-state index contributed by atoms with van der Waals surface area (Å²) in [6.07, 6.45) is 5.27. The number of primary amides is 1. The molecule has 1 amide bonds. The van der Waals surface area contributed by atoms with Gasteiger partial charge in [-0.1, -0.05) is 6.92 Å². The topological polar surface area (TPSA) is 80.0 Å². The summed E-state index contributed by atoms with van der Waals surface area (Å²) in [4.78, 5) is 15.6. The summed E-state index contributed by atoms with van der Waals surface area (Å²) in [5.74, 6) is 0.218. The quantitative estimate of drug-likeness (QED) is 0.752. The van der Waals surface area contributed by atoms with Crippen molar-refractivity contribution >= 4 is 11.5 Å². The zero-order chi connectivity index (χ0) is 13.4. The van der Waals surface area contributed by atoms with Crippen molar-refractivity contribution in [2.24, 2.45) is 11.7 Å². The summed E-state index contributed by atoms with van der Waals surface area (Å²) in [6.45, 7) is 2.02. The predicted molar refractivity (Wildman–Crippen MR) is 72.9 cm³/mol. The molecule has 1 saturated carbocycles. The lowest BCUT2D eigenvalue weighted by atomic mass is 9.96. The van der Waals surface area contributed by atoms with Crippen molar-refractivity contribution in [3.05, 3.63) is 35.3 Å². The van der Waals surface area contributed by atoms with E-state index in [9.17, 15) is 4.79 Å². The van der Waals surface area contributed by atoms with E-state index in [0.717, 1.165) is 17.7 Å². The standard InChI is InChI=1S/C14H18N4O/c1-2-10-5-9(6-12(17-10)14(15)19)11-7-16-18-13(11)8-3-4-8/h5-8,13,16,18H,2-4H2,1H3,(H2,15,19). The molecule has 2 heterocycles. The third kappa shape index (κ3) is 2.33. The maximum Gasteiger partial charge on any atom is 0.267 e.